The van der Waals surface area contributed by atoms with Gasteiger partial charge in [-0.25, -0.2) is 9.50 Å². The van der Waals surface area contributed by atoms with E-state index in [2.05, 4.69) is 15.1 Å². The number of hydrogen-bond acceptors (Lipinski definition) is 5. The monoisotopic (exact) mass is 247 g/mol. The summed E-state index contributed by atoms with van der Waals surface area (Å²) in [6, 6.07) is 1.80. The van der Waals surface area contributed by atoms with Gasteiger partial charge in [-0.2, -0.15) is 4.98 Å². The van der Waals surface area contributed by atoms with Crippen LogP contribution in [0.15, 0.2) is 12.3 Å². The molecule has 1 N–H and O–H groups in total. The van der Waals surface area contributed by atoms with Crippen LogP contribution < -0.4 is 0 Å². The third-order valence-electron chi connectivity index (χ3n) is 3.07. The molecular formula is C11H13N5O2. The van der Waals surface area contributed by atoms with Crippen LogP contribution in [0.4, 0.5) is 0 Å². The predicted octanol–water partition coefficient (Wildman–Crippen LogP) is -0.360. The number of likely N-dealkylation sites (tertiary alicyclic amines) is 1. The highest BCUT2D eigenvalue weighted by Gasteiger charge is 2.28. The first-order chi connectivity index (χ1) is 8.65. The SMILES string of the molecule is Cc1ccnc2nc(C(=O)N3CCC(O)C3)nn12. The quantitative estimate of drug-likeness (QED) is 0.744. The lowest BCUT2D eigenvalue weighted by Crippen LogP contribution is -2.30. The molecule has 0 radical (unpaired) electrons. The van der Waals surface area contributed by atoms with Crippen molar-refractivity contribution >= 4 is 11.7 Å². The Kier molecular flexibility index (Phi) is 2.48. The van der Waals surface area contributed by atoms with Gasteiger partial charge in [0.1, 0.15) is 0 Å². The molecule has 94 valence electrons. The van der Waals surface area contributed by atoms with E-state index in [0.29, 0.717) is 25.3 Å². The molecule has 1 aliphatic heterocycles. The molecule has 18 heavy (non-hydrogen) atoms. The summed E-state index contributed by atoms with van der Waals surface area (Å²) < 4.78 is 1.54. The number of aryl methyl sites for hydroxylation is 1. The molecule has 1 unspecified atom stereocenters. The van der Waals surface area contributed by atoms with Crippen molar-refractivity contribution in [3.8, 4) is 0 Å². The molecule has 0 saturated carbocycles. The summed E-state index contributed by atoms with van der Waals surface area (Å²) in [5.41, 5.74) is 0.869. The molecule has 7 nitrogen and oxygen atoms in total. The van der Waals surface area contributed by atoms with Crippen molar-refractivity contribution in [1.29, 1.82) is 0 Å². The summed E-state index contributed by atoms with van der Waals surface area (Å²) in [5.74, 6) is 0.292. The van der Waals surface area contributed by atoms with Crippen molar-refractivity contribution in [2.45, 2.75) is 19.4 Å². The van der Waals surface area contributed by atoms with Crippen LogP contribution in [0.3, 0.4) is 0 Å². The molecule has 2 aromatic rings. The molecule has 2 aromatic heterocycles. The minimum atomic E-state index is -0.439. The smallest absolute Gasteiger partial charge is 0.293 e. The lowest BCUT2D eigenvalue weighted by atomic mass is 10.3. The molecule has 0 bridgehead atoms. The number of carbonyl (C=O) groups excluding carboxylic acids is 1. The second-order valence-electron chi connectivity index (χ2n) is 4.43. The molecule has 3 heterocycles. The maximum Gasteiger partial charge on any atom is 0.293 e. The lowest BCUT2D eigenvalue weighted by molar-refractivity contribution is 0.0753. The number of rotatable bonds is 1. The first kappa shape index (κ1) is 11.1. The molecule has 0 aliphatic carbocycles. The van der Waals surface area contributed by atoms with Gasteiger partial charge in [-0.3, -0.25) is 4.79 Å². The molecule has 0 spiro atoms. The highest BCUT2D eigenvalue weighted by molar-refractivity contribution is 5.91. The minimum Gasteiger partial charge on any atom is -0.391 e. The molecule has 1 amide bonds. The van der Waals surface area contributed by atoms with Crippen molar-refractivity contribution in [3.05, 3.63) is 23.8 Å². The molecule has 7 heteroatoms. The third-order valence-corrected chi connectivity index (χ3v) is 3.07. The fourth-order valence-corrected chi connectivity index (χ4v) is 2.06. The molecular weight excluding hydrogens is 234 g/mol. The largest absolute Gasteiger partial charge is 0.391 e. The first-order valence-corrected chi connectivity index (χ1v) is 5.81. The number of fused-ring (bicyclic) bond motifs is 1. The van der Waals surface area contributed by atoms with E-state index in [-0.39, 0.29) is 11.7 Å². The Balaban J connectivity index is 1.95. The normalized spacial score (nSPS) is 19.7. The summed E-state index contributed by atoms with van der Waals surface area (Å²) in [7, 11) is 0. The van der Waals surface area contributed by atoms with Crippen molar-refractivity contribution in [2.24, 2.45) is 0 Å². The van der Waals surface area contributed by atoms with Gasteiger partial charge in [0, 0.05) is 25.0 Å². The van der Waals surface area contributed by atoms with Crippen LogP contribution in [0.5, 0.6) is 0 Å². The number of β-amino-alcohol motifs (C(OH)–C–C–N with tert-alkyl or cyclic N) is 1. The molecule has 3 rings (SSSR count). The van der Waals surface area contributed by atoms with Crippen molar-refractivity contribution in [2.75, 3.05) is 13.1 Å². The van der Waals surface area contributed by atoms with Gasteiger partial charge in [0.25, 0.3) is 11.7 Å². The van der Waals surface area contributed by atoms with Crippen LogP contribution in [0.1, 0.15) is 22.7 Å². The van der Waals surface area contributed by atoms with Gasteiger partial charge in [0.05, 0.1) is 6.10 Å². The van der Waals surface area contributed by atoms with E-state index in [9.17, 15) is 9.90 Å². The zero-order chi connectivity index (χ0) is 12.7. The van der Waals surface area contributed by atoms with Gasteiger partial charge in [-0.15, -0.1) is 5.10 Å². The standard InChI is InChI=1S/C11H13N5O2/c1-7-2-4-12-11-13-9(14-16(7)11)10(18)15-5-3-8(17)6-15/h2,4,8,17H,3,5-6H2,1H3. The first-order valence-electron chi connectivity index (χ1n) is 5.81. The molecule has 0 aromatic carbocycles. The van der Waals surface area contributed by atoms with Gasteiger partial charge in [0.15, 0.2) is 0 Å². The zero-order valence-electron chi connectivity index (χ0n) is 9.94. The number of nitrogens with zero attached hydrogens (tertiary/aromatic N) is 5. The van der Waals surface area contributed by atoms with Crippen LogP contribution in [0.25, 0.3) is 5.78 Å². The summed E-state index contributed by atoms with van der Waals surface area (Å²) >= 11 is 0. The van der Waals surface area contributed by atoms with E-state index < -0.39 is 6.10 Å². The number of aliphatic hydroxyl groups is 1. The van der Waals surface area contributed by atoms with E-state index in [1.54, 1.807) is 21.7 Å². The Hall–Kier alpha value is -2.02. The average molecular weight is 247 g/mol. The van der Waals surface area contributed by atoms with Crippen molar-refractivity contribution < 1.29 is 9.90 Å². The number of aromatic nitrogens is 4. The van der Waals surface area contributed by atoms with Crippen LogP contribution >= 0.6 is 0 Å². The van der Waals surface area contributed by atoms with E-state index in [1.807, 2.05) is 6.92 Å². The number of amides is 1. The van der Waals surface area contributed by atoms with Crippen molar-refractivity contribution in [3.63, 3.8) is 0 Å². The summed E-state index contributed by atoms with van der Waals surface area (Å²) in [5, 5.41) is 13.6. The van der Waals surface area contributed by atoms with Crippen LogP contribution in [0.2, 0.25) is 0 Å². The van der Waals surface area contributed by atoms with E-state index in [0.717, 1.165) is 5.69 Å². The Morgan fingerprint density at radius 3 is 3.06 bits per heavy atom. The highest BCUT2D eigenvalue weighted by atomic mass is 16.3. The highest BCUT2D eigenvalue weighted by Crippen LogP contribution is 2.12. The average Bonchev–Trinajstić information content (AvgIpc) is 2.95. The van der Waals surface area contributed by atoms with Gasteiger partial charge in [-0.1, -0.05) is 0 Å². The van der Waals surface area contributed by atoms with Gasteiger partial charge < -0.3 is 10.0 Å². The Morgan fingerprint density at radius 2 is 2.39 bits per heavy atom. The topological polar surface area (TPSA) is 83.6 Å². The summed E-state index contributed by atoms with van der Waals surface area (Å²) in [6.45, 7) is 2.76. The number of aliphatic hydroxyl groups excluding tert-OH is 1. The molecule has 1 saturated heterocycles. The molecule has 1 fully saturated rings. The fraction of sp³-hybridized carbons (Fsp3) is 0.455. The maximum absolute atomic E-state index is 12.1. The molecule has 1 atom stereocenters. The van der Waals surface area contributed by atoms with Crippen LogP contribution in [-0.2, 0) is 0 Å². The van der Waals surface area contributed by atoms with Crippen LogP contribution in [0, 0.1) is 6.92 Å². The Labute approximate surface area is 103 Å². The Morgan fingerprint density at radius 1 is 1.56 bits per heavy atom. The number of carbonyl (C=O) groups is 1. The van der Waals surface area contributed by atoms with E-state index in [4.69, 9.17) is 0 Å². The second-order valence-corrected chi connectivity index (χ2v) is 4.43. The Bertz CT molecular complexity index is 608. The zero-order valence-corrected chi connectivity index (χ0v) is 9.94. The minimum absolute atomic E-state index is 0.130. The van der Waals surface area contributed by atoms with E-state index in [1.165, 1.54) is 0 Å². The predicted molar refractivity (Wildman–Crippen MR) is 62.0 cm³/mol. The number of hydrogen-bond donors (Lipinski definition) is 1. The fourth-order valence-electron chi connectivity index (χ4n) is 2.06. The van der Waals surface area contributed by atoms with Gasteiger partial charge in [0.2, 0.25) is 5.82 Å². The van der Waals surface area contributed by atoms with Gasteiger partial charge in [-0.05, 0) is 19.4 Å². The van der Waals surface area contributed by atoms with Crippen LogP contribution in [-0.4, -0.2) is 54.7 Å². The lowest BCUT2D eigenvalue weighted by Gasteiger charge is -2.12. The third kappa shape index (κ3) is 1.72. The van der Waals surface area contributed by atoms with Crippen molar-refractivity contribution in [1.82, 2.24) is 24.5 Å². The van der Waals surface area contributed by atoms with Gasteiger partial charge >= 0.3 is 0 Å². The summed E-state index contributed by atoms with van der Waals surface area (Å²) in [4.78, 5) is 21.9. The molecule has 1 aliphatic rings. The van der Waals surface area contributed by atoms with E-state index >= 15 is 0 Å². The maximum atomic E-state index is 12.1. The summed E-state index contributed by atoms with van der Waals surface area (Å²) in [6.07, 6.45) is 1.80. The second kappa shape index (κ2) is 4.02.